The molecule has 0 spiro atoms. The topological polar surface area (TPSA) is 68.1 Å². The first-order valence-corrected chi connectivity index (χ1v) is 11.6. The Hall–Kier alpha value is -3.97. The van der Waals surface area contributed by atoms with Gasteiger partial charge in [-0.1, -0.05) is 42.5 Å². The number of benzene rings is 2. The summed E-state index contributed by atoms with van der Waals surface area (Å²) in [6, 6.07) is 16.8. The van der Waals surface area contributed by atoms with E-state index in [0.717, 1.165) is 53.2 Å². The normalized spacial score (nSPS) is 15.7. The molecular weight excluding hydrogens is 424 g/mol. The maximum atomic E-state index is 5.54. The fourth-order valence-electron chi connectivity index (χ4n) is 4.43. The van der Waals surface area contributed by atoms with E-state index in [-0.39, 0.29) is 0 Å². The molecule has 170 valence electrons. The molecule has 1 aliphatic carbocycles. The Morgan fingerprint density at radius 1 is 0.941 bits per heavy atom. The zero-order chi connectivity index (χ0) is 22.9. The lowest BCUT2D eigenvalue weighted by atomic mass is 10.1. The summed E-state index contributed by atoms with van der Waals surface area (Å²) >= 11 is 0. The van der Waals surface area contributed by atoms with E-state index in [1.54, 1.807) is 0 Å². The first kappa shape index (κ1) is 20.6. The molecule has 6 rings (SSSR count). The molecule has 7 nitrogen and oxygen atoms in total. The lowest BCUT2D eigenvalue weighted by Gasteiger charge is -2.27. The maximum absolute atomic E-state index is 5.54. The van der Waals surface area contributed by atoms with Crippen molar-refractivity contribution in [3.63, 3.8) is 0 Å². The van der Waals surface area contributed by atoms with Crippen molar-refractivity contribution >= 4 is 33.9 Å². The molecule has 0 amide bonds. The number of fused-ring (bicyclic) bond motifs is 1. The van der Waals surface area contributed by atoms with Gasteiger partial charge in [-0.25, -0.2) is 4.98 Å². The SMILES string of the molecule is Cn1ncc2ccc(-c3cc(Nc4ccc(C5=CC=CC5)cc4)nc(N4CCOCC4)n3)cc21. The molecule has 2 aliphatic rings. The van der Waals surface area contributed by atoms with Gasteiger partial charge in [0.2, 0.25) is 5.95 Å². The highest BCUT2D eigenvalue weighted by atomic mass is 16.5. The third-order valence-corrected chi connectivity index (χ3v) is 6.35. The van der Waals surface area contributed by atoms with E-state index in [1.807, 2.05) is 24.0 Å². The summed E-state index contributed by atoms with van der Waals surface area (Å²) in [6.07, 6.45) is 9.34. The van der Waals surface area contributed by atoms with Crippen molar-refractivity contribution in [2.75, 3.05) is 36.5 Å². The van der Waals surface area contributed by atoms with Gasteiger partial charge in [0.05, 0.1) is 30.6 Å². The fraction of sp³-hybridized carbons (Fsp3) is 0.222. The van der Waals surface area contributed by atoms with Crippen molar-refractivity contribution in [2.24, 2.45) is 7.05 Å². The number of aromatic nitrogens is 4. The summed E-state index contributed by atoms with van der Waals surface area (Å²) in [5.41, 5.74) is 6.57. The standard InChI is InChI=1S/C27H26N6O/c1-32-25-16-21(6-7-22(25)18-28-32)24-17-26(31-27(30-24)33-12-14-34-15-13-33)29-23-10-8-20(9-11-23)19-4-2-3-5-19/h2-4,6-11,16-18H,5,12-15H2,1H3,(H,29,30,31). The van der Waals surface area contributed by atoms with Crippen molar-refractivity contribution in [2.45, 2.75) is 6.42 Å². The van der Waals surface area contributed by atoms with Crippen LogP contribution in [-0.2, 0) is 11.8 Å². The smallest absolute Gasteiger partial charge is 0.228 e. The van der Waals surface area contributed by atoms with E-state index in [1.165, 1.54) is 11.1 Å². The molecule has 0 unspecified atom stereocenters. The molecule has 2 aromatic carbocycles. The highest BCUT2D eigenvalue weighted by molar-refractivity contribution is 5.84. The van der Waals surface area contributed by atoms with Crippen molar-refractivity contribution < 1.29 is 4.74 Å². The number of morpholine rings is 1. The third-order valence-electron chi connectivity index (χ3n) is 6.35. The Bertz CT molecular complexity index is 1400. The van der Waals surface area contributed by atoms with E-state index in [0.29, 0.717) is 19.2 Å². The molecule has 0 saturated carbocycles. The molecule has 1 N–H and O–H groups in total. The van der Waals surface area contributed by atoms with Crippen LogP contribution in [0.4, 0.5) is 17.5 Å². The van der Waals surface area contributed by atoms with E-state index < -0.39 is 0 Å². The molecule has 34 heavy (non-hydrogen) atoms. The summed E-state index contributed by atoms with van der Waals surface area (Å²) in [4.78, 5) is 12.0. The van der Waals surface area contributed by atoms with Crippen molar-refractivity contribution in [1.82, 2.24) is 19.7 Å². The Morgan fingerprint density at radius 3 is 2.56 bits per heavy atom. The maximum Gasteiger partial charge on any atom is 0.228 e. The van der Waals surface area contributed by atoms with Crippen LogP contribution in [0, 0.1) is 0 Å². The Balaban J connectivity index is 1.35. The lowest BCUT2D eigenvalue weighted by molar-refractivity contribution is 0.122. The molecule has 1 aliphatic heterocycles. The van der Waals surface area contributed by atoms with Gasteiger partial charge in [0.15, 0.2) is 0 Å². The molecule has 4 aromatic rings. The van der Waals surface area contributed by atoms with Crippen LogP contribution in [0.3, 0.4) is 0 Å². The average Bonchev–Trinajstić information content (AvgIpc) is 3.55. The van der Waals surface area contributed by atoms with Crippen LogP contribution in [-0.4, -0.2) is 46.1 Å². The summed E-state index contributed by atoms with van der Waals surface area (Å²) in [5, 5.41) is 8.98. The average molecular weight is 451 g/mol. The minimum atomic E-state index is 0.684. The van der Waals surface area contributed by atoms with Crippen LogP contribution in [0.2, 0.25) is 0 Å². The molecule has 1 fully saturated rings. The van der Waals surface area contributed by atoms with Crippen LogP contribution in [0.25, 0.3) is 27.7 Å². The van der Waals surface area contributed by atoms with Crippen LogP contribution in [0.5, 0.6) is 0 Å². The molecule has 0 atom stereocenters. The highest BCUT2D eigenvalue weighted by Gasteiger charge is 2.17. The Labute approximate surface area is 198 Å². The lowest BCUT2D eigenvalue weighted by Crippen LogP contribution is -2.37. The third kappa shape index (κ3) is 4.06. The summed E-state index contributed by atoms with van der Waals surface area (Å²) in [6.45, 7) is 2.93. The molecule has 0 radical (unpaired) electrons. The second kappa shape index (κ2) is 8.76. The predicted octanol–water partition coefficient (Wildman–Crippen LogP) is 4.95. The molecule has 3 heterocycles. The van der Waals surface area contributed by atoms with Gasteiger partial charge in [-0.05, 0) is 35.8 Å². The number of ether oxygens (including phenoxy) is 1. The van der Waals surface area contributed by atoms with E-state index in [9.17, 15) is 0 Å². The number of anilines is 3. The van der Waals surface area contributed by atoms with Gasteiger partial charge in [-0.15, -0.1) is 0 Å². The zero-order valence-electron chi connectivity index (χ0n) is 19.1. The van der Waals surface area contributed by atoms with Crippen LogP contribution in [0.15, 0.2) is 73.0 Å². The van der Waals surface area contributed by atoms with Gasteiger partial charge < -0.3 is 15.0 Å². The van der Waals surface area contributed by atoms with Crippen molar-refractivity contribution in [1.29, 1.82) is 0 Å². The zero-order valence-corrected chi connectivity index (χ0v) is 19.1. The highest BCUT2D eigenvalue weighted by Crippen LogP contribution is 2.29. The number of nitrogens with one attached hydrogen (secondary N) is 1. The fourth-order valence-corrected chi connectivity index (χ4v) is 4.43. The molecule has 1 saturated heterocycles. The van der Waals surface area contributed by atoms with Gasteiger partial charge >= 0.3 is 0 Å². The van der Waals surface area contributed by atoms with Crippen LogP contribution < -0.4 is 10.2 Å². The minimum Gasteiger partial charge on any atom is -0.378 e. The first-order chi connectivity index (χ1) is 16.7. The number of aryl methyl sites for hydroxylation is 1. The van der Waals surface area contributed by atoms with Gasteiger partial charge in [0.25, 0.3) is 0 Å². The second-order valence-electron chi connectivity index (χ2n) is 8.61. The summed E-state index contributed by atoms with van der Waals surface area (Å²) in [7, 11) is 1.96. The Kier molecular flexibility index (Phi) is 5.31. The van der Waals surface area contributed by atoms with Crippen LogP contribution in [0.1, 0.15) is 12.0 Å². The second-order valence-corrected chi connectivity index (χ2v) is 8.61. The Morgan fingerprint density at radius 2 is 1.76 bits per heavy atom. The summed E-state index contributed by atoms with van der Waals surface area (Å²) in [5.74, 6) is 1.48. The molecule has 2 aromatic heterocycles. The van der Waals surface area contributed by atoms with Gasteiger partial charge in [-0.3, -0.25) is 4.68 Å². The summed E-state index contributed by atoms with van der Waals surface area (Å²) < 4.78 is 7.42. The number of hydrogen-bond acceptors (Lipinski definition) is 6. The van der Waals surface area contributed by atoms with Gasteiger partial charge in [-0.2, -0.15) is 10.1 Å². The van der Waals surface area contributed by atoms with Crippen molar-refractivity contribution in [3.05, 3.63) is 78.5 Å². The first-order valence-electron chi connectivity index (χ1n) is 11.6. The monoisotopic (exact) mass is 450 g/mol. The largest absolute Gasteiger partial charge is 0.378 e. The number of nitrogens with zero attached hydrogens (tertiary/aromatic N) is 5. The number of rotatable bonds is 5. The van der Waals surface area contributed by atoms with Gasteiger partial charge in [0.1, 0.15) is 5.82 Å². The minimum absolute atomic E-state index is 0.684. The van der Waals surface area contributed by atoms with E-state index >= 15 is 0 Å². The van der Waals surface area contributed by atoms with E-state index in [4.69, 9.17) is 14.7 Å². The predicted molar refractivity (Wildman–Crippen MR) is 136 cm³/mol. The molecular formula is C27H26N6O. The quantitative estimate of drug-likeness (QED) is 0.464. The molecule has 0 bridgehead atoms. The van der Waals surface area contributed by atoms with Gasteiger partial charge in [0, 0.05) is 42.8 Å². The van der Waals surface area contributed by atoms with Crippen molar-refractivity contribution in [3.8, 4) is 11.3 Å². The van der Waals surface area contributed by atoms with E-state index in [2.05, 4.69) is 76.0 Å². The van der Waals surface area contributed by atoms with Crippen LogP contribution >= 0.6 is 0 Å². The number of hydrogen-bond donors (Lipinski definition) is 1. The number of allylic oxidation sites excluding steroid dienone is 4. The molecule has 7 heteroatoms.